The van der Waals surface area contributed by atoms with Crippen molar-refractivity contribution in [1.82, 2.24) is 9.80 Å². The normalized spacial score (nSPS) is 28.4. The zero-order valence-corrected chi connectivity index (χ0v) is 20.7. The smallest absolute Gasteiger partial charge is 0.344 e. The highest BCUT2D eigenvalue weighted by Crippen LogP contribution is 2.45. The Morgan fingerprint density at radius 1 is 1.03 bits per heavy atom. The van der Waals surface area contributed by atoms with Crippen molar-refractivity contribution in [2.24, 2.45) is 11.8 Å². The second kappa shape index (κ2) is 8.89. The van der Waals surface area contributed by atoms with E-state index in [1.54, 1.807) is 11.6 Å². The van der Waals surface area contributed by atoms with Crippen molar-refractivity contribution < 1.29 is 9.52 Å². The van der Waals surface area contributed by atoms with Crippen molar-refractivity contribution in [2.75, 3.05) is 19.6 Å². The van der Waals surface area contributed by atoms with Crippen LogP contribution >= 0.6 is 0 Å². The van der Waals surface area contributed by atoms with Gasteiger partial charge in [0.2, 0.25) is 0 Å². The molecular formula is C31H34N2O3. The van der Waals surface area contributed by atoms with Crippen LogP contribution in [0, 0.1) is 11.8 Å². The van der Waals surface area contributed by atoms with Crippen LogP contribution in [0.2, 0.25) is 0 Å². The number of piperidine rings is 3. The minimum atomic E-state index is -0.358. The van der Waals surface area contributed by atoms with Crippen molar-refractivity contribution in [3.05, 3.63) is 76.2 Å². The van der Waals surface area contributed by atoms with Gasteiger partial charge in [-0.1, -0.05) is 48.4 Å². The highest BCUT2D eigenvalue weighted by Gasteiger charge is 2.46. The standard InChI is InChI=1S/C31H34N2O3/c34-28-12-11-22-17-25(20-7-2-1-3-8-20)31(35)36-30(22)26(28)19-33-14-6-9-21-15-23-16-24(29(21)33)18-32-13-5-4-10-27(23)32/h1-3,7-8,11-12,15,17,23-24,27,29,34H,4-6,9-10,13-14,16,18-19H2/t23?,24?,27-,29-/m1/s1. The van der Waals surface area contributed by atoms with Crippen LogP contribution in [0.15, 0.2) is 69.4 Å². The molecule has 36 heavy (non-hydrogen) atoms. The van der Waals surface area contributed by atoms with Crippen molar-refractivity contribution in [3.8, 4) is 16.9 Å². The van der Waals surface area contributed by atoms with E-state index in [2.05, 4.69) is 15.9 Å². The van der Waals surface area contributed by atoms with Crippen LogP contribution in [0.5, 0.6) is 5.75 Å². The predicted molar refractivity (Wildman–Crippen MR) is 142 cm³/mol. The topological polar surface area (TPSA) is 56.9 Å². The van der Waals surface area contributed by atoms with Gasteiger partial charge in [-0.15, -0.1) is 0 Å². The van der Waals surface area contributed by atoms with E-state index in [9.17, 15) is 9.90 Å². The van der Waals surface area contributed by atoms with Gasteiger partial charge in [0, 0.05) is 30.6 Å². The molecule has 1 aliphatic carbocycles. The molecule has 3 saturated heterocycles. The second-order valence-corrected chi connectivity index (χ2v) is 11.3. The SMILES string of the molecule is O=c1oc2c(CN3CCCC4=CC5CC(CN6CCCC[C@H]56)[C@@H]43)c(O)ccc2cc1-c1ccccc1. The summed E-state index contributed by atoms with van der Waals surface area (Å²) < 4.78 is 5.92. The van der Waals surface area contributed by atoms with Gasteiger partial charge in [0.1, 0.15) is 11.3 Å². The lowest BCUT2D eigenvalue weighted by molar-refractivity contribution is -0.00274. The van der Waals surface area contributed by atoms with Crippen LogP contribution < -0.4 is 5.63 Å². The molecular weight excluding hydrogens is 448 g/mol. The maximum Gasteiger partial charge on any atom is 0.344 e. The number of hydrogen-bond acceptors (Lipinski definition) is 5. The molecule has 2 unspecified atom stereocenters. The largest absolute Gasteiger partial charge is 0.507 e. The molecule has 2 aromatic carbocycles. The average molecular weight is 483 g/mol. The molecule has 0 amide bonds. The average Bonchev–Trinajstić information content (AvgIpc) is 2.91. The Kier molecular flexibility index (Phi) is 5.51. The van der Waals surface area contributed by atoms with Gasteiger partial charge in [0.05, 0.1) is 11.1 Å². The first-order valence-corrected chi connectivity index (χ1v) is 13.7. The van der Waals surface area contributed by atoms with E-state index in [0.717, 1.165) is 35.5 Å². The summed E-state index contributed by atoms with van der Waals surface area (Å²) in [5.41, 5.74) is 3.91. The molecule has 5 nitrogen and oxygen atoms in total. The van der Waals surface area contributed by atoms with E-state index in [1.807, 2.05) is 42.5 Å². The lowest BCUT2D eigenvalue weighted by Gasteiger charge is -2.54. The number of hydrogen-bond donors (Lipinski definition) is 1. The lowest BCUT2D eigenvalue weighted by Crippen LogP contribution is -2.59. The molecule has 4 aliphatic rings. The summed E-state index contributed by atoms with van der Waals surface area (Å²) >= 11 is 0. The number of likely N-dealkylation sites (tertiary alicyclic amines) is 1. The van der Waals surface area contributed by atoms with E-state index in [-0.39, 0.29) is 11.4 Å². The third-order valence-corrected chi connectivity index (χ3v) is 9.19. The van der Waals surface area contributed by atoms with Crippen LogP contribution in [0.3, 0.4) is 0 Å². The Balaban J connectivity index is 1.24. The Labute approximate surface area is 212 Å². The quantitative estimate of drug-likeness (QED) is 0.391. The number of benzene rings is 2. The molecule has 186 valence electrons. The van der Waals surface area contributed by atoms with Gasteiger partial charge in [0.15, 0.2) is 0 Å². The summed E-state index contributed by atoms with van der Waals surface area (Å²) in [6.45, 7) is 4.04. The summed E-state index contributed by atoms with van der Waals surface area (Å²) in [6, 6.07) is 16.3. The summed E-state index contributed by atoms with van der Waals surface area (Å²) in [5, 5.41) is 11.8. The first kappa shape index (κ1) is 22.3. The summed E-state index contributed by atoms with van der Waals surface area (Å²) in [4.78, 5) is 18.3. The summed E-state index contributed by atoms with van der Waals surface area (Å²) in [7, 11) is 0. The molecule has 1 aromatic heterocycles. The number of phenols is 1. The predicted octanol–water partition coefficient (Wildman–Crippen LogP) is 5.56. The molecule has 5 heteroatoms. The van der Waals surface area contributed by atoms with Crippen molar-refractivity contribution in [2.45, 2.75) is 57.2 Å². The number of phenolic OH excluding ortho intramolecular Hbond substituents is 1. The molecule has 3 fully saturated rings. The Morgan fingerprint density at radius 2 is 1.92 bits per heavy atom. The first-order valence-electron chi connectivity index (χ1n) is 13.7. The van der Waals surface area contributed by atoms with Crippen molar-refractivity contribution >= 4 is 11.0 Å². The van der Waals surface area contributed by atoms with Crippen LogP contribution in [-0.4, -0.2) is 46.6 Å². The monoisotopic (exact) mass is 482 g/mol. The lowest BCUT2D eigenvalue weighted by atomic mass is 9.68. The van der Waals surface area contributed by atoms with Crippen molar-refractivity contribution in [1.29, 1.82) is 0 Å². The van der Waals surface area contributed by atoms with Gasteiger partial charge >= 0.3 is 5.63 Å². The number of fused-ring (bicyclic) bond motifs is 7. The first-order chi connectivity index (χ1) is 17.7. The Hall–Kier alpha value is -2.89. The Bertz CT molecular complexity index is 1380. The fourth-order valence-electron chi connectivity index (χ4n) is 7.67. The summed E-state index contributed by atoms with van der Waals surface area (Å²) in [6.07, 6.45) is 10.3. The zero-order chi connectivity index (χ0) is 24.2. The van der Waals surface area contributed by atoms with Crippen molar-refractivity contribution in [3.63, 3.8) is 0 Å². The fourth-order valence-corrected chi connectivity index (χ4v) is 7.67. The van der Waals surface area contributed by atoms with Crippen LogP contribution in [0.4, 0.5) is 0 Å². The maximum absolute atomic E-state index is 13.0. The molecule has 7 rings (SSSR count). The minimum absolute atomic E-state index is 0.211. The van der Waals surface area contributed by atoms with Gasteiger partial charge in [-0.25, -0.2) is 4.79 Å². The highest BCUT2D eigenvalue weighted by atomic mass is 16.4. The molecule has 0 radical (unpaired) electrons. The molecule has 3 aliphatic heterocycles. The van der Waals surface area contributed by atoms with Gasteiger partial charge < -0.3 is 9.52 Å². The molecule has 1 N–H and O–H groups in total. The molecule has 0 saturated carbocycles. The molecule has 4 atom stereocenters. The molecule has 4 heterocycles. The second-order valence-electron chi connectivity index (χ2n) is 11.3. The molecule has 0 spiro atoms. The summed E-state index contributed by atoms with van der Waals surface area (Å²) in [5.74, 6) is 1.55. The van der Waals surface area contributed by atoms with E-state index in [1.165, 1.54) is 45.2 Å². The number of rotatable bonds is 3. The number of aromatic hydroxyl groups is 1. The van der Waals surface area contributed by atoms with Gasteiger partial charge in [0.25, 0.3) is 0 Å². The van der Waals surface area contributed by atoms with E-state index in [0.29, 0.717) is 35.6 Å². The van der Waals surface area contributed by atoms with Gasteiger partial charge in [-0.2, -0.15) is 0 Å². The van der Waals surface area contributed by atoms with Crippen LogP contribution in [-0.2, 0) is 6.54 Å². The third-order valence-electron chi connectivity index (χ3n) is 9.19. The Morgan fingerprint density at radius 3 is 2.81 bits per heavy atom. The van der Waals surface area contributed by atoms with E-state index >= 15 is 0 Å². The maximum atomic E-state index is 13.0. The number of nitrogens with zero attached hydrogens (tertiary/aromatic N) is 2. The molecule has 3 aromatic rings. The molecule has 2 bridgehead atoms. The van der Waals surface area contributed by atoms with Gasteiger partial charge in [-0.05, 0) is 80.8 Å². The van der Waals surface area contributed by atoms with Crippen LogP contribution in [0.25, 0.3) is 22.1 Å². The minimum Gasteiger partial charge on any atom is -0.507 e. The van der Waals surface area contributed by atoms with E-state index in [4.69, 9.17) is 4.42 Å². The van der Waals surface area contributed by atoms with Crippen LogP contribution in [0.1, 0.15) is 44.1 Å². The zero-order valence-electron chi connectivity index (χ0n) is 20.7. The third kappa shape index (κ3) is 3.72. The van der Waals surface area contributed by atoms with Gasteiger partial charge in [-0.3, -0.25) is 9.80 Å². The highest BCUT2D eigenvalue weighted by molar-refractivity contribution is 5.85. The fraction of sp³-hybridized carbons (Fsp3) is 0.452. The van der Waals surface area contributed by atoms with E-state index < -0.39 is 0 Å².